The third-order valence-corrected chi connectivity index (χ3v) is 6.19. The predicted octanol–water partition coefficient (Wildman–Crippen LogP) is 2.22. The molecule has 10 nitrogen and oxygen atoms in total. The van der Waals surface area contributed by atoms with Gasteiger partial charge in [0.1, 0.15) is 11.5 Å². The second-order valence-electron chi connectivity index (χ2n) is 8.43. The van der Waals surface area contributed by atoms with Gasteiger partial charge in [-0.1, -0.05) is 0 Å². The van der Waals surface area contributed by atoms with Crippen LogP contribution in [-0.2, 0) is 12.8 Å². The minimum Gasteiger partial charge on any atom is -0.497 e. The predicted molar refractivity (Wildman–Crippen MR) is 128 cm³/mol. The molecular formula is C24H31N7O3. The summed E-state index contributed by atoms with van der Waals surface area (Å²) in [5.41, 5.74) is 2.95. The number of nitrogens with one attached hydrogen (secondary N) is 3. The van der Waals surface area contributed by atoms with E-state index in [1.807, 2.05) is 31.3 Å². The Labute approximate surface area is 199 Å². The summed E-state index contributed by atoms with van der Waals surface area (Å²) in [6, 6.07) is 7.94. The number of piperazine rings is 1. The number of ether oxygens (including phenoxy) is 2. The lowest BCUT2D eigenvalue weighted by Gasteiger charge is -2.38. The summed E-state index contributed by atoms with van der Waals surface area (Å²) in [6.07, 6.45) is 4.64. The summed E-state index contributed by atoms with van der Waals surface area (Å²) in [7, 11) is 5.31. The molecule has 0 bridgehead atoms. The van der Waals surface area contributed by atoms with Gasteiger partial charge in [0, 0.05) is 49.4 Å². The van der Waals surface area contributed by atoms with Crippen LogP contribution in [0.1, 0.15) is 40.4 Å². The highest BCUT2D eigenvalue weighted by atomic mass is 16.5. The first-order chi connectivity index (χ1) is 16.5. The van der Waals surface area contributed by atoms with Gasteiger partial charge in [0.15, 0.2) is 11.5 Å². The smallest absolute Gasteiger partial charge is 0.277 e. The molecule has 0 aliphatic carbocycles. The molecule has 1 aromatic carbocycles. The van der Waals surface area contributed by atoms with E-state index in [1.165, 1.54) is 6.20 Å². The van der Waals surface area contributed by atoms with Gasteiger partial charge >= 0.3 is 0 Å². The van der Waals surface area contributed by atoms with Gasteiger partial charge in [0.2, 0.25) is 0 Å². The van der Waals surface area contributed by atoms with E-state index >= 15 is 0 Å². The van der Waals surface area contributed by atoms with Crippen molar-refractivity contribution < 1.29 is 14.3 Å². The first kappa shape index (κ1) is 23.7. The molecule has 3 heterocycles. The molecule has 1 aliphatic heterocycles. The molecular weight excluding hydrogens is 434 g/mol. The SMILES string of the molecule is COc1cc(CCc2cc(NC(=O)c3nccnc3C3CNCC(C)N3C)n[nH]2)cc(OC)c1. The van der Waals surface area contributed by atoms with Crippen molar-refractivity contribution in [2.24, 2.45) is 0 Å². The summed E-state index contributed by atoms with van der Waals surface area (Å²) in [4.78, 5) is 24.1. The molecule has 1 saturated heterocycles. The van der Waals surface area contributed by atoms with Gasteiger partial charge in [-0.3, -0.25) is 19.8 Å². The average molecular weight is 466 g/mol. The zero-order valence-electron chi connectivity index (χ0n) is 20.0. The van der Waals surface area contributed by atoms with E-state index < -0.39 is 0 Å². The number of amides is 1. The second-order valence-corrected chi connectivity index (χ2v) is 8.43. The van der Waals surface area contributed by atoms with Gasteiger partial charge < -0.3 is 20.1 Å². The highest BCUT2D eigenvalue weighted by Gasteiger charge is 2.30. The second kappa shape index (κ2) is 10.6. The number of carbonyl (C=O) groups is 1. The van der Waals surface area contributed by atoms with Crippen LogP contribution in [0.4, 0.5) is 5.82 Å². The van der Waals surface area contributed by atoms with Gasteiger partial charge in [-0.15, -0.1) is 0 Å². The highest BCUT2D eigenvalue weighted by Crippen LogP contribution is 2.25. The molecule has 2 aromatic heterocycles. The van der Waals surface area contributed by atoms with Crippen molar-refractivity contribution >= 4 is 11.7 Å². The number of H-pyrrole nitrogens is 1. The molecule has 10 heteroatoms. The quantitative estimate of drug-likeness (QED) is 0.464. The number of hydrogen-bond donors (Lipinski definition) is 3. The topological polar surface area (TPSA) is 117 Å². The van der Waals surface area contributed by atoms with E-state index in [0.717, 1.165) is 35.7 Å². The van der Waals surface area contributed by atoms with Crippen LogP contribution >= 0.6 is 0 Å². The van der Waals surface area contributed by atoms with Crippen molar-refractivity contribution in [1.82, 2.24) is 30.4 Å². The Kier molecular flexibility index (Phi) is 7.39. The summed E-state index contributed by atoms with van der Waals surface area (Å²) >= 11 is 0. The molecule has 0 radical (unpaired) electrons. The maximum atomic E-state index is 13.1. The van der Waals surface area contributed by atoms with E-state index in [4.69, 9.17) is 9.47 Å². The Balaban J connectivity index is 1.43. The van der Waals surface area contributed by atoms with E-state index in [2.05, 4.69) is 42.6 Å². The number of hydrogen-bond acceptors (Lipinski definition) is 8. The fraction of sp³-hybridized carbons (Fsp3) is 0.417. The van der Waals surface area contributed by atoms with Crippen LogP contribution in [0.25, 0.3) is 0 Å². The molecule has 180 valence electrons. The lowest BCUT2D eigenvalue weighted by Crippen LogP contribution is -2.50. The maximum absolute atomic E-state index is 13.1. The minimum atomic E-state index is -0.328. The fourth-order valence-electron chi connectivity index (χ4n) is 4.10. The molecule has 4 rings (SSSR count). The highest BCUT2D eigenvalue weighted by molar-refractivity contribution is 6.03. The minimum absolute atomic E-state index is 0.0344. The molecule has 1 fully saturated rings. The van der Waals surface area contributed by atoms with Crippen LogP contribution in [0.2, 0.25) is 0 Å². The third kappa shape index (κ3) is 5.35. The number of carbonyl (C=O) groups excluding carboxylic acids is 1. The first-order valence-electron chi connectivity index (χ1n) is 11.3. The van der Waals surface area contributed by atoms with Crippen LogP contribution < -0.4 is 20.1 Å². The Hall–Kier alpha value is -3.50. The largest absolute Gasteiger partial charge is 0.497 e. The number of aryl methyl sites for hydroxylation is 2. The summed E-state index contributed by atoms with van der Waals surface area (Å²) in [5, 5.41) is 13.5. The van der Waals surface area contributed by atoms with Gasteiger partial charge in [-0.25, -0.2) is 4.98 Å². The van der Waals surface area contributed by atoms with Crippen LogP contribution in [-0.4, -0.2) is 71.4 Å². The molecule has 2 atom stereocenters. The first-order valence-corrected chi connectivity index (χ1v) is 11.3. The molecule has 0 spiro atoms. The molecule has 0 saturated carbocycles. The number of aromatic amines is 1. The van der Waals surface area contributed by atoms with Crippen molar-refractivity contribution in [2.45, 2.75) is 31.8 Å². The van der Waals surface area contributed by atoms with E-state index in [1.54, 1.807) is 20.4 Å². The number of aromatic nitrogens is 4. The molecule has 3 N–H and O–H groups in total. The molecule has 1 aliphatic rings. The molecule has 1 amide bonds. The van der Waals surface area contributed by atoms with Crippen molar-refractivity contribution in [1.29, 1.82) is 0 Å². The van der Waals surface area contributed by atoms with Gasteiger partial charge in [-0.2, -0.15) is 5.10 Å². The number of rotatable bonds is 8. The monoisotopic (exact) mass is 465 g/mol. The van der Waals surface area contributed by atoms with Gasteiger partial charge in [0.25, 0.3) is 5.91 Å². The molecule has 3 aromatic rings. The van der Waals surface area contributed by atoms with Gasteiger partial charge in [-0.05, 0) is 44.5 Å². The number of anilines is 1. The molecule has 34 heavy (non-hydrogen) atoms. The van der Waals surface area contributed by atoms with E-state index in [9.17, 15) is 4.79 Å². The van der Waals surface area contributed by atoms with Crippen LogP contribution in [0.15, 0.2) is 36.7 Å². The standard InChI is InChI=1S/C24H31N7O3/c1-15-13-25-14-20(31(15)2)22-23(27-8-7-26-22)24(32)28-21-11-17(29-30-21)6-5-16-9-18(33-3)12-19(10-16)34-4/h7-12,15,20,25H,5-6,13-14H2,1-4H3,(H2,28,29,30,32). The number of benzene rings is 1. The van der Waals surface area contributed by atoms with Crippen molar-refractivity contribution in [3.8, 4) is 11.5 Å². The average Bonchev–Trinajstić information content (AvgIpc) is 3.31. The zero-order valence-corrected chi connectivity index (χ0v) is 20.0. The van der Waals surface area contributed by atoms with Crippen molar-refractivity contribution in [2.75, 3.05) is 39.7 Å². The Morgan fingerprint density at radius 1 is 1.09 bits per heavy atom. The number of methoxy groups -OCH3 is 2. The Morgan fingerprint density at radius 3 is 2.56 bits per heavy atom. The van der Waals surface area contributed by atoms with Crippen molar-refractivity contribution in [3.05, 3.63) is 59.3 Å². The molecule has 2 unspecified atom stereocenters. The van der Waals surface area contributed by atoms with Crippen molar-refractivity contribution in [3.63, 3.8) is 0 Å². The summed E-state index contributed by atoms with van der Waals surface area (Å²) in [5.74, 6) is 1.62. The number of likely N-dealkylation sites (N-methyl/N-ethyl adjacent to an activating group) is 1. The normalized spacial score (nSPS) is 18.5. The van der Waals surface area contributed by atoms with Crippen LogP contribution in [0.3, 0.4) is 0 Å². The van der Waals surface area contributed by atoms with Crippen LogP contribution in [0.5, 0.6) is 11.5 Å². The lowest BCUT2D eigenvalue weighted by atomic mass is 10.0. The van der Waals surface area contributed by atoms with E-state index in [0.29, 0.717) is 36.2 Å². The number of nitrogens with zero attached hydrogens (tertiary/aromatic N) is 4. The fourth-order valence-corrected chi connectivity index (χ4v) is 4.10. The van der Waals surface area contributed by atoms with Crippen LogP contribution in [0, 0.1) is 0 Å². The summed E-state index contributed by atoms with van der Waals surface area (Å²) < 4.78 is 10.7. The lowest BCUT2D eigenvalue weighted by molar-refractivity contribution is 0.100. The summed E-state index contributed by atoms with van der Waals surface area (Å²) in [6.45, 7) is 3.75. The maximum Gasteiger partial charge on any atom is 0.277 e. The Morgan fingerprint density at radius 2 is 1.82 bits per heavy atom. The third-order valence-electron chi connectivity index (χ3n) is 6.19. The Bertz CT molecular complexity index is 1110. The van der Waals surface area contributed by atoms with E-state index in [-0.39, 0.29) is 11.9 Å². The zero-order chi connectivity index (χ0) is 24.1. The van der Waals surface area contributed by atoms with Gasteiger partial charge in [0.05, 0.1) is 26.0 Å².